The summed E-state index contributed by atoms with van der Waals surface area (Å²) in [5, 5.41) is 20.7. The summed E-state index contributed by atoms with van der Waals surface area (Å²) in [7, 11) is 3.63. The number of likely N-dealkylation sites (tertiary alicyclic amines) is 1. The molecule has 0 radical (unpaired) electrons. The number of methoxy groups -OCH3 is 1. The van der Waals surface area contributed by atoms with Gasteiger partial charge >= 0.3 is 5.97 Å². The Balaban J connectivity index is 1.85. The summed E-state index contributed by atoms with van der Waals surface area (Å²) in [5.74, 6) is -0.0549. The molecule has 6 nitrogen and oxygen atoms in total. The van der Waals surface area contributed by atoms with Crippen LogP contribution in [0.25, 0.3) is 0 Å². The number of ether oxygens (including phenoxy) is 2. The van der Waals surface area contributed by atoms with E-state index in [0.29, 0.717) is 11.5 Å². The Labute approximate surface area is 139 Å². The maximum Gasteiger partial charge on any atom is 0.343 e. The van der Waals surface area contributed by atoms with E-state index in [-0.39, 0.29) is 6.04 Å². The summed E-state index contributed by atoms with van der Waals surface area (Å²) in [4.78, 5) is 14.1. The summed E-state index contributed by atoms with van der Waals surface area (Å²) >= 11 is 0. The highest BCUT2D eigenvalue weighted by Crippen LogP contribution is 2.65. The fraction of sp³-hybridized carbons (Fsp3) is 0.500. The number of rotatable bonds is 2. The topological polar surface area (TPSA) is 79.2 Å². The Morgan fingerprint density at radius 3 is 2.96 bits per heavy atom. The number of nitrogens with zero attached hydrogens (tertiary/aromatic N) is 1. The fourth-order valence-electron chi connectivity index (χ4n) is 5.28. The van der Waals surface area contributed by atoms with Crippen LogP contribution in [0.1, 0.15) is 17.5 Å². The number of carbonyl (C=O) groups is 1. The molecule has 126 valence electrons. The van der Waals surface area contributed by atoms with Crippen molar-refractivity contribution in [1.29, 1.82) is 0 Å². The van der Waals surface area contributed by atoms with Crippen LogP contribution < -0.4 is 9.47 Å². The molecule has 2 N–H and O–H groups in total. The number of piperidine rings is 1. The number of benzene rings is 1. The van der Waals surface area contributed by atoms with E-state index in [4.69, 9.17) is 9.47 Å². The summed E-state index contributed by atoms with van der Waals surface area (Å²) in [5.41, 5.74) is 0.619. The largest absolute Gasteiger partial charge is 0.493 e. The molecule has 1 aromatic rings. The number of carboxylic acid groups (broad SMARTS) is 1. The molecule has 2 aliphatic heterocycles. The van der Waals surface area contributed by atoms with Crippen LogP contribution in [0.2, 0.25) is 0 Å². The monoisotopic (exact) mass is 329 g/mol. The van der Waals surface area contributed by atoms with E-state index < -0.39 is 23.1 Å². The highest BCUT2D eigenvalue weighted by molar-refractivity contribution is 5.86. The predicted octanol–water partition coefficient (Wildman–Crippen LogP) is 0.710. The van der Waals surface area contributed by atoms with Crippen LogP contribution in [0.15, 0.2) is 23.8 Å². The second-order valence-electron chi connectivity index (χ2n) is 7.28. The van der Waals surface area contributed by atoms with Crippen molar-refractivity contribution in [3.63, 3.8) is 0 Å². The lowest BCUT2D eigenvalue weighted by Crippen LogP contribution is -2.59. The van der Waals surface area contributed by atoms with Gasteiger partial charge in [0.05, 0.1) is 12.5 Å². The van der Waals surface area contributed by atoms with Crippen LogP contribution in [-0.4, -0.2) is 59.5 Å². The van der Waals surface area contributed by atoms with Gasteiger partial charge in [0.2, 0.25) is 5.60 Å². The molecule has 24 heavy (non-hydrogen) atoms. The molecule has 1 unspecified atom stereocenters. The number of carboxylic acids is 1. The van der Waals surface area contributed by atoms with Crippen molar-refractivity contribution < 1.29 is 24.5 Å². The molecule has 1 aromatic carbocycles. The standard InChI is InChI=1S/C18H19NO5/c1-19-6-5-17-10-8-18(22,16(20)21)15(17)24-14-12(23-2)4-3-9(13(14)17)7-11(10)19/h3-4,8,11,15,22H,5-7H2,1-2H3,(H,20,21)/t11-,15-,17+,18?/m0/s1. The van der Waals surface area contributed by atoms with Crippen molar-refractivity contribution in [3.8, 4) is 11.5 Å². The van der Waals surface area contributed by atoms with Crippen molar-refractivity contribution in [3.05, 3.63) is 34.9 Å². The first kappa shape index (κ1) is 14.3. The van der Waals surface area contributed by atoms with Gasteiger partial charge in [-0.1, -0.05) is 6.07 Å². The van der Waals surface area contributed by atoms with Crippen molar-refractivity contribution in [2.75, 3.05) is 20.7 Å². The molecular weight excluding hydrogens is 310 g/mol. The molecule has 4 atom stereocenters. The first-order valence-electron chi connectivity index (χ1n) is 8.19. The molecule has 2 heterocycles. The SMILES string of the molecule is COc1ccc2c3c1O[C@@H]1C(O)(C(=O)O)C=C4[C@H](C2)N(C)CC[C@@]431. The highest BCUT2D eigenvalue weighted by atomic mass is 16.5. The van der Waals surface area contributed by atoms with E-state index in [2.05, 4.69) is 11.9 Å². The number of hydrogen-bond donors (Lipinski definition) is 2. The Morgan fingerprint density at radius 2 is 2.25 bits per heavy atom. The average molecular weight is 329 g/mol. The number of likely N-dealkylation sites (N-methyl/N-ethyl adjacent to an activating group) is 1. The lowest BCUT2D eigenvalue weighted by atomic mass is 9.61. The third-order valence-corrected chi connectivity index (χ3v) is 6.35. The zero-order valence-electron chi connectivity index (χ0n) is 13.6. The molecular formula is C18H19NO5. The average Bonchev–Trinajstić information content (AvgIpc) is 3.03. The molecule has 1 saturated heterocycles. The summed E-state index contributed by atoms with van der Waals surface area (Å²) < 4.78 is 11.5. The zero-order valence-corrected chi connectivity index (χ0v) is 13.6. The third-order valence-electron chi connectivity index (χ3n) is 6.35. The first-order chi connectivity index (χ1) is 11.4. The molecule has 6 heteroatoms. The molecule has 2 bridgehead atoms. The molecule has 4 aliphatic rings. The Bertz CT molecular complexity index is 818. The fourth-order valence-corrected chi connectivity index (χ4v) is 5.28. The second-order valence-corrected chi connectivity index (χ2v) is 7.28. The molecule has 5 rings (SSSR count). The van der Waals surface area contributed by atoms with E-state index in [9.17, 15) is 15.0 Å². The van der Waals surface area contributed by atoms with Crippen molar-refractivity contribution in [2.45, 2.75) is 36.0 Å². The van der Waals surface area contributed by atoms with Crippen LogP contribution in [0.5, 0.6) is 11.5 Å². The molecule has 0 saturated carbocycles. The van der Waals surface area contributed by atoms with E-state index in [1.807, 2.05) is 12.1 Å². The van der Waals surface area contributed by atoms with E-state index in [1.165, 1.54) is 0 Å². The number of hydrogen-bond acceptors (Lipinski definition) is 5. The van der Waals surface area contributed by atoms with Gasteiger partial charge in [-0.05, 0) is 49.7 Å². The second kappa shape index (κ2) is 4.13. The van der Waals surface area contributed by atoms with Gasteiger partial charge in [0.1, 0.15) is 0 Å². The van der Waals surface area contributed by atoms with Crippen LogP contribution in [-0.2, 0) is 16.6 Å². The Hall–Kier alpha value is -2.05. The van der Waals surface area contributed by atoms with Gasteiger partial charge in [0, 0.05) is 11.6 Å². The maximum absolute atomic E-state index is 11.9. The normalized spacial score (nSPS) is 38.4. The van der Waals surface area contributed by atoms with Gasteiger partial charge in [-0.15, -0.1) is 0 Å². The van der Waals surface area contributed by atoms with Gasteiger partial charge in [-0.3, -0.25) is 4.90 Å². The predicted molar refractivity (Wildman–Crippen MR) is 84.5 cm³/mol. The van der Waals surface area contributed by atoms with Crippen LogP contribution in [0.3, 0.4) is 0 Å². The van der Waals surface area contributed by atoms with Crippen molar-refractivity contribution >= 4 is 5.97 Å². The van der Waals surface area contributed by atoms with Gasteiger partial charge < -0.3 is 19.7 Å². The van der Waals surface area contributed by atoms with E-state index in [1.54, 1.807) is 13.2 Å². The Morgan fingerprint density at radius 1 is 1.46 bits per heavy atom. The maximum atomic E-state index is 11.9. The van der Waals surface area contributed by atoms with Gasteiger partial charge in [0.25, 0.3) is 0 Å². The minimum atomic E-state index is -2.01. The Kier molecular flexibility index (Phi) is 2.46. The van der Waals surface area contributed by atoms with E-state index >= 15 is 0 Å². The molecule has 1 spiro atoms. The lowest BCUT2D eigenvalue weighted by Gasteiger charge is -2.49. The molecule has 2 aliphatic carbocycles. The van der Waals surface area contributed by atoms with Gasteiger partial charge in [-0.2, -0.15) is 0 Å². The summed E-state index contributed by atoms with van der Waals surface area (Å²) in [6, 6.07) is 4.02. The number of aliphatic hydroxyl groups is 1. The van der Waals surface area contributed by atoms with Crippen LogP contribution in [0.4, 0.5) is 0 Å². The minimum Gasteiger partial charge on any atom is -0.493 e. The summed E-state index contributed by atoms with van der Waals surface area (Å²) in [6.45, 7) is 0.841. The molecule has 0 amide bonds. The quantitative estimate of drug-likeness (QED) is 0.778. The zero-order chi connectivity index (χ0) is 16.9. The smallest absolute Gasteiger partial charge is 0.343 e. The van der Waals surface area contributed by atoms with Crippen molar-refractivity contribution in [2.24, 2.45) is 0 Å². The molecule has 1 fully saturated rings. The number of aliphatic carboxylic acids is 1. The lowest BCUT2D eigenvalue weighted by molar-refractivity contribution is -0.162. The van der Waals surface area contributed by atoms with Crippen molar-refractivity contribution in [1.82, 2.24) is 4.90 Å². The summed E-state index contributed by atoms with van der Waals surface area (Å²) in [6.07, 6.45) is 2.24. The van der Waals surface area contributed by atoms with E-state index in [0.717, 1.165) is 36.1 Å². The van der Waals surface area contributed by atoms with Gasteiger partial charge in [-0.25, -0.2) is 4.79 Å². The molecule has 0 aromatic heterocycles. The van der Waals surface area contributed by atoms with Gasteiger partial charge in [0.15, 0.2) is 17.6 Å². The first-order valence-corrected chi connectivity index (χ1v) is 8.19. The van der Waals surface area contributed by atoms with Crippen LogP contribution >= 0.6 is 0 Å². The minimum absolute atomic E-state index is 0.102. The third kappa shape index (κ3) is 1.31. The highest BCUT2D eigenvalue weighted by Gasteiger charge is 2.71. The van der Waals surface area contributed by atoms with Crippen LogP contribution in [0, 0.1) is 0 Å².